The molecule has 0 atom stereocenters. The number of nitrogens with zero attached hydrogens (tertiary/aromatic N) is 2. The number of aliphatic imine (C=N–C) groups is 1. The van der Waals surface area contributed by atoms with E-state index in [9.17, 15) is 9.90 Å². The van der Waals surface area contributed by atoms with Crippen LogP contribution in [0.2, 0.25) is 0 Å². The van der Waals surface area contributed by atoms with Crippen LogP contribution < -0.4 is 4.90 Å². The maximum absolute atomic E-state index is 12.2. The highest BCUT2D eigenvalue weighted by molar-refractivity contribution is 8.18. The molecule has 0 spiro atoms. The number of methoxy groups -OCH3 is 1. The molecule has 2 aromatic rings. The second-order valence-electron chi connectivity index (χ2n) is 6.06. The zero-order chi connectivity index (χ0) is 19.4. The van der Waals surface area contributed by atoms with Gasteiger partial charge in [0, 0.05) is 19.8 Å². The highest BCUT2D eigenvalue weighted by atomic mass is 32.2. The van der Waals surface area contributed by atoms with Crippen LogP contribution in [0, 0.1) is 0 Å². The second-order valence-corrected chi connectivity index (χ2v) is 7.09. The van der Waals surface area contributed by atoms with Crippen molar-refractivity contribution in [3.63, 3.8) is 0 Å². The number of hydrogen-bond donors (Lipinski definition) is 1. The number of para-hydroxylation sites is 1. The Labute approximate surface area is 162 Å². The third-order valence-electron chi connectivity index (χ3n) is 3.97. The number of esters is 1. The van der Waals surface area contributed by atoms with Gasteiger partial charge in [0.2, 0.25) is 0 Å². The number of thioether (sulfide) groups is 1. The Morgan fingerprint density at radius 1 is 1.11 bits per heavy atom. The summed E-state index contributed by atoms with van der Waals surface area (Å²) in [6, 6.07) is 17.2. The van der Waals surface area contributed by atoms with Gasteiger partial charge in [-0.1, -0.05) is 42.1 Å². The fraction of sp³-hybridized carbons (Fsp3) is 0.143. The lowest BCUT2D eigenvalue weighted by molar-refractivity contribution is -0.135. The third kappa shape index (κ3) is 4.23. The topological polar surface area (TPSA) is 62.1 Å². The van der Waals surface area contributed by atoms with Crippen LogP contribution in [0.15, 0.2) is 75.8 Å². The average Bonchev–Trinajstić information content (AvgIpc) is 2.97. The van der Waals surface area contributed by atoms with Crippen LogP contribution in [-0.2, 0) is 9.53 Å². The summed E-state index contributed by atoms with van der Waals surface area (Å²) in [5.74, 6) is -0.723. The number of hydrogen-bond acceptors (Lipinski definition) is 6. The predicted octanol–water partition coefficient (Wildman–Crippen LogP) is 4.56. The van der Waals surface area contributed by atoms with Crippen molar-refractivity contribution in [3.05, 3.63) is 76.4 Å². The molecule has 0 radical (unpaired) electrons. The lowest BCUT2D eigenvalue weighted by atomic mass is 10.1. The molecule has 138 valence electrons. The molecule has 2 aromatic carbocycles. The Kier molecular flexibility index (Phi) is 5.66. The highest BCUT2D eigenvalue weighted by Gasteiger charge is 2.32. The van der Waals surface area contributed by atoms with Crippen LogP contribution in [0.5, 0.6) is 0 Å². The zero-order valence-electron chi connectivity index (χ0n) is 15.3. The average molecular weight is 380 g/mol. The Morgan fingerprint density at radius 2 is 1.78 bits per heavy atom. The normalized spacial score (nSPS) is 16.9. The van der Waals surface area contributed by atoms with E-state index in [0.717, 1.165) is 11.3 Å². The number of aliphatic hydroxyl groups excluding tert-OH is 1. The SMILES string of the molecule is COC(=O)C1=C(O)/C(=C/c2ccc(N(C)C)cc2)SC1=Nc1ccccc1. The molecule has 1 N–H and O–H groups in total. The number of carbonyl (C=O) groups excluding carboxylic acids is 1. The van der Waals surface area contributed by atoms with Gasteiger partial charge in [0.1, 0.15) is 16.4 Å². The molecule has 0 amide bonds. The van der Waals surface area contributed by atoms with E-state index >= 15 is 0 Å². The van der Waals surface area contributed by atoms with Crippen molar-refractivity contribution in [2.24, 2.45) is 4.99 Å². The number of benzene rings is 2. The lowest BCUT2D eigenvalue weighted by Gasteiger charge is -2.11. The van der Waals surface area contributed by atoms with Crippen molar-refractivity contribution in [3.8, 4) is 0 Å². The monoisotopic (exact) mass is 380 g/mol. The van der Waals surface area contributed by atoms with Crippen molar-refractivity contribution in [2.75, 3.05) is 26.1 Å². The van der Waals surface area contributed by atoms with Gasteiger partial charge in [0.25, 0.3) is 0 Å². The molecule has 0 fully saturated rings. The van der Waals surface area contributed by atoms with Crippen LogP contribution in [0.1, 0.15) is 5.56 Å². The molecule has 27 heavy (non-hydrogen) atoms. The van der Waals surface area contributed by atoms with E-state index in [1.54, 1.807) is 0 Å². The molecule has 0 bridgehead atoms. The number of ether oxygens (including phenoxy) is 1. The fourth-order valence-electron chi connectivity index (χ4n) is 2.53. The minimum absolute atomic E-state index is 0.0857. The first kappa shape index (κ1) is 18.8. The van der Waals surface area contributed by atoms with Gasteiger partial charge in [-0.3, -0.25) is 0 Å². The molecule has 5 nitrogen and oxygen atoms in total. The van der Waals surface area contributed by atoms with Crippen molar-refractivity contribution < 1.29 is 14.6 Å². The molecule has 1 aliphatic heterocycles. The predicted molar refractivity (Wildman–Crippen MR) is 112 cm³/mol. The second kappa shape index (κ2) is 8.14. The quantitative estimate of drug-likeness (QED) is 0.788. The first-order valence-corrected chi connectivity index (χ1v) is 9.14. The van der Waals surface area contributed by atoms with Crippen molar-refractivity contribution in [1.82, 2.24) is 0 Å². The standard InChI is InChI=1S/C21H20N2O3S/c1-23(2)16-11-9-14(10-12-16)13-17-19(24)18(21(25)26-3)20(27-17)22-15-7-5-4-6-8-15/h4-13,24H,1-3H3/b17-13-,22-20?. The first-order chi connectivity index (χ1) is 13.0. The number of rotatable bonds is 4. The van der Waals surface area contributed by atoms with E-state index in [1.165, 1.54) is 18.9 Å². The summed E-state index contributed by atoms with van der Waals surface area (Å²) < 4.78 is 4.83. The number of carbonyl (C=O) groups is 1. The van der Waals surface area contributed by atoms with Crippen molar-refractivity contribution in [1.29, 1.82) is 0 Å². The van der Waals surface area contributed by atoms with Crippen LogP contribution in [0.25, 0.3) is 6.08 Å². The zero-order valence-corrected chi connectivity index (χ0v) is 16.2. The van der Waals surface area contributed by atoms with E-state index in [-0.39, 0.29) is 11.3 Å². The van der Waals surface area contributed by atoms with Gasteiger partial charge in [-0.2, -0.15) is 0 Å². The number of anilines is 1. The first-order valence-electron chi connectivity index (χ1n) is 8.32. The Balaban J connectivity index is 1.98. The van der Waals surface area contributed by atoms with Gasteiger partial charge in [0.05, 0.1) is 17.7 Å². The van der Waals surface area contributed by atoms with Crippen LogP contribution in [0.4, 0.5) is 11.4 Å². The van der Waals surface area contributed by atoms with Gasteiger partial charge in [-0.05, 0) is 35.9 Å². The van der Waals surface area contributed by atoms with Crippen LogP contribution >= 0.6 is 11.8 Å². The summed E-state index contributed by atoms with van der Waals surface area (Å²) in [4.78, 5) is 19.2. The number of aliphatic hydroxyl groups is 1. The van der Waals surface area contributed by atoms with Gasteiger partial charge in [-0.25, -0.2) is 9.79 Å². The molecule has 3 rings (SSSR count). The minimum Gasteiger partial charge on any atom is -0.506 e. The summed E-state index contributed by atoms with van der Waals surface area (Å²) in [6.45, 7) is 0. The summed E-state index contributed by atoms with van der Waals surface area (Å²) in [5, 5.41) is 11.0. The maximum atomic E-state index is 12.2. The molecular formula is C21H20N2O3S. The molecule has 1 heterocycles. The molecule has 0 aliphatic carbocycles. The molecule has 0 saturated heterocycles. The molecule has 0 unspecified atom stereocenters. The summed E-state index contributed by atoms with van der Waals surface area (Å²) >= 11 is 1.25. The van der Waals surface area contributed by atoms with Crippen molar-refractivity contribution >= 4 is 40.2 Å². The highest BCUT2D eigenvalue weighted by Crippen LogP contribution is 2.40. The molecular weight excluding hydrogens is 360 g/mol. The smallest absolute Gasteiger partial charge is 0.344 e. The van der Waals surface area contributed by atoms with E-state index in [0.29, 0.717) is 15.6 Å². The van der Waals surface area contributed by atoms with Gasteiger partial charge >= 0.3 is 5.97 Å². The molecule has 0 saturated carbocycles. The Bertz CT molecular complexity index is 930. The molecule has 1 aliphatic rings. The minimum atomic E-state index is -0.610. The largest absolute Gasteiger partial charge is 0.506 e. The van der Waals surface area contributed by atoms with E-state index < -0.39 is 5.97 Å². The Hall–Kier alpha value is -2.99. The van der Waals surface area contributed by atoms with Gasteiger partial charge < -0.3 is 14.7 Å². The maximum Gasteiger partial charge on any atom is 0.344 e. The van der Waals surface area contributed by atoms with Gasteiger partial charge in [-0.15, -0.1) is 0 Å². The summed E-state index contributed by atoms with van der Waals surface area (Å²) in [7, 11) is 5.24. The van der Waals surface area contributed by atoms with E-state index in [1.807, 2.05) is 79.7 Å². The Morgan fingerprint density at radius 3 is 2.37 bits per heavy atom. The van der Waals surface area contributed by atoms with Crippen LogP contribution in [0.3, 0.4) is 0 Å². The van der Waals surface area contributed by atoms with Gasteiger partial charge in [0.15, 0.2) is 0 Å². The van der Waals surface area contributed by atoms with E-state index in [2.05, 4.69) is 4.99 Å². The lowest BCUT2D eigenvalue weighted by Crippen LogP contribution is -2.10. The van der Waals surface area contributed by atoms with Crippen molar-refractivity contribution in [2.45, 2.75) is 0 Å². The molecule has 0 aromatic heterocycles. The van der Waals surface area contributed by atoms with E-state index in [4.69, 9.17) is 4.74 Å². The molecule has 6 heteroatoms. The fourth-order valence-corrected chi connectivity index (χ4v) is 3.57. The summed E-state index contributed by atoms with van der Waals surface area (Å²) in [5.41, 5.74) is 2.78. The third-order valence-corrected chi connectivity index (χ3v) is 4.99. The van der Waals surface area contributed by atoms with Crippen LogP contribution in [-0.4, -0.2) is 37.3 Å². The summed E-state index contributed by atoms with van der Waals surface area (Å²) in [6.07, 6.45) is 1.83.